The number of carboxylic acid groups (broad SMARTS) is 1. The highest BCUT2D eigenvalue weighted by molar-refractivity contribution is 5.85. The van der Waals surface area contributed by atoms with Gasteiger partial charge in [-0.25, -0.2) is 9.59 Å². The van der Waals surface area contributed by atoms with E-state index in [1.807, 2.05) is 65.0 Å². The van der Waals surface area contributed by atoms with Gasteiger partial charge in [0.2, 0.25) is 0 Å². The topological polar surface area (TPSA) is 101 Å². The minimum Gasteiger partial charge on any atom is -0.478 e. The van der Waals surface area contributed by atoms with E-state index in [4.69, 9.17) is 9.84 Å². The number of ether oxygens (including phenoxy) is 1. The van der Waals surface area contributed by atoms with Crippen molar-refractivity contribution in [3.63, 3.8) is 0 Å². The number of hydrogen-bond acceptors (Lipinski definition) is 5. The zero-order valence-corrected chi connectivity index (χ0v) is 24.2. The van der Waals surface area contributed by atoms with Crippen LogP contribution in [0, 0.1) is 29.6 Å². The highest BCUT2D eigenvalue weighted by atomic mass is 16.5. The van der Waals surface area contributed by atoms with Crippen LogP contribution < -0.4 is 0 Å². The Morgan fingerprint density at radius 1 is 1.05 bits per heavy atom. The van der Waals surface area contributed by atoms with Crippen molar-refractivity contribution < 1.29 is 29.3 Å². The molecule has 0 bridgehead atoms. The number of esters is 1. The molecule has 0 fully saturated rings. The van der Waals surface area contributed by atoms with Gasteiger partial charge in [-0.1, -0.05) is 87.8 Å². The highest BCUT2D eigenvalue weighted by Crippen LogP contribution is 2.24. The summed E-state index contributed by atoms with van der Waals surface area (Å²) in [5.74, 6) is -2.02. The van der Waals surface area contributed by atoms with Crippen LogP contribution in [0.25, 0.3) is 0 Å². The molecule has 0 saturated heterocycles. The Balaban J connectivity index is 2.63. The predicted molar refractivity (Wildman–Crippen MR) is 152 cm³/mol. The van der Waals surface area contributed by atoms with Gasteiger partial charge in [0.1, 0.15) is 11.9 Å². The second kappa shape index (κ2) is 16.1. The average Bonchev–Trinajstić information content (AvgIpc) is 2.82. The molecule has 0 aromatic carbocycles. The molecular weight excluding hydrogens is 480 g/mol. The number of carbonyl (C=O) groups excluding carboxylic acids is 2. The van der Waals surface area contributed by atoms with Crippen LogP contribution >= 0.6 is 0 Å². The Morgan fingerprint density at radius 3 is 2.32 bits per heavy atom. The van der Waals surface area contributed by atoms with Crippen molar-refractivity contribution in [3.05, 3.63) is 71.4 Å². The summed E-state index contributed by atoms with van der Waals surface area (Å²) >= 11 is 0. The number of rotatable bonds is 14. The molecule has 210 valence electrons. The Labute approximate surface area is 228 Å². The molecular formula is C32H46O6. The van der Waals surface area contributed by atoms with Crippen LogP contribution in [0.4, 0.5) is 0 Å². The van der Waals surface area contributed by atoms with Crippen LogP contribution in [-0.4, -0.2) is 40.1 Å². The van der Waals surface area contributed by atoms with Crippen molar-refractivity contribution in [1.82, 2.24) is 0 Å². The van der Waals surface area contributed by atoms with Gasteiger partial charge >= 0.3 is 11.9 Å². The SMILES string of the molecule is CC(/C=C/[C@@H]1OC(=O)C=C[C@@H]1C)=C\[C@H](C)C/C=C/C(C)=C/[C@H](C)C(=O)[C@H](C)[C@H](O)[C@@H](C)C/C(C)=C/C(=O)O. The minimum atomic E-state index is -1.01. The van der Waals surface area contributed by atoms with E-state index in [9.17, 15) is 19.5 Å². The molecule has 1 rings (SSSR count). The first-order chi connectivity index (χ1) is 17.7. The van der Waals surface area contributed by atoms with Crippen molar-refractivity contribution in [2.45, 2.75) is 80.4 Å². The molecule has 0 amide bonds. The van der Waals surface area contributed by atoms with E-state index in [-0.39, 0.29) is 35.6 Å². The van der Waals surface area contributed by atoms with E-state index < -0.39 is 18.0 Å². The number of carbonyl (C=O) groups is 3. The molecule has 1 aliphatic rings. The van der Waals surface area contributed by atoms with E-state index in [2.05, 4.69) is 19.1 Å². The third kappa shape index (κ3) is 12.0. The smallest absolute Gasteiger partial charge is 0.331 e. The van der Waals surface area contributed by atoms with Gasteiger partial charge in [0, 0.05) is 29.9 Å². The van der Waals surface area contributed by atoms with Crippen LogP contribution in [0.1, 0.15) is 68.2 Å². The maximum Gasteiger partial charge on any atom is 0.331 e. The number of carboxylic acids is 1. The van der Waals surface area contributed by atoms with Gasteiger partial charge in [-0.3, -0.25) is 4.79 Å². The predicted octanol–water partition coefficient (Wildman–Crippen LogP) is 6.39. The van der Waals surface area contributed by atoms with Crippen LogP contribution in [0.3, 0.4) is 0 Å². The Morgan fingerprint density at radius 2 is 1.68 bits per heavy atom. The van der Waals surface area contributed by atoms with E-state index in [1.54, 1.807) is 13.8 Å². The number of ketones is 1. The van der Waals surface area contributed by atoms with Gasteiger partial charge in [-0.05, 0) is 51.5 Å². The molecule has 38 heavy (non-hydrogen) atoms. The van der Waals surface area contributed by atoms with Crippen molar-refractivity contribution in [3.8, 4) is 0 Å². The summed E-state index contributed by atoms with van der Waals surface area (Å²) in [6.45, 7) is 15.3. The lowest BCUT2D eigenvalue weighted by Crippen LogP contribution is -2.34. The van der Waals surface area contributed by atoms with Crippen molar-refractivity contribution in [2.24, 2.45) is 29.6 Å². The van der Waals surface area contributed by atoms with Crippen molar-refractivity contribution in [1.29, 1.82) is 0 Å². The van der Waals surface area contributed by atoms with E-state index in [1.165, 1.54) is 6.08 Å². The van der Waals surface area contributed by atoms with Crippen LogP contribution in [0.15, 0.2) is 71.4 Å². The second-order valence-electron chi connectivity index (χ2n) is 10.9. The van der Waals surface area contributed by atoms with Gasteiger partial charge in [0.25, 0.3) is 0 Å². The lowest BCUT2D eigenvalue weighted by Gasteiger charge is -2.25. The van der Waals surface area contributed by atoms with E-state index >= 15 is 0 Å². The van der Waals surface area contributed by atoms with Crippen LogP contribution in [0.2, 0.25) is 0 Å². The molecule has 0 aromatic heterocycles. The maximum atomic E-state index is 12.9. The first-order valence-corrected chi connectivity index (χ1v) is 13.4. The van der Waals surface area contributed by atoms with Crippen molar-refractivity contribution in [2.75, 3.05) is 0 Å². The molecule has 2 N–H and O–H groups in total. The zero-order valence-electron chi connectivity index (χ0n) is 24.2. The third-order valence-electron chi connectivity index (χ3n) is 6.81. The van der Waals surface area contributed by atoms with Gasteiger partial charge in [0.05, 0.1) is 6.10 Å². The molecule has 0 aliphatic carbocycles. The number of Topliss-reactive ketones (excluding diaryl/α,β-unsaturated/α-hetero) is 1. The first-order valence-electron chi connectivity index (χ1n) is 13.4. The third-order valence-corrected chi connectivity index (χ3v) is 6.81. The van der Waals surface area contributed by atoms with Gasteiger partial charge in [0.15, 0.2) is 0 Å². The summed E-state index contributed by atoms with van der Waals surface area (Å²) in [7, 11) is 0. The molecule has 6 nitrogen and oxygen atoms in total. The number of aliphatic hydroxyl groups is 1. The number of aliphatic hydroxyl groups excluding tert-OH is 1. The van der Waals surface area contributed by atoms with E-state index in [0.717, 1.165) is 23.6 Å². The molecule has 7 atom stereocenters. The first kappa shape index (κ1) is 33.0. The normalized spacial score (nSPS) is 23.3. The van der Waals surface area contributed by atoms with E-state index in [0.29, 0.717) is 17.9 Å². The summed E-state index contributed by atoms with van der Waals surface area (Å²) < 4.78 is 5.34. The van der Waals surface area contributed by atoms with Crippen LogP contribution in [-0.2, 0) is 19.1 Å². The molecule has 0 spiro atoms. The number of aliphatic carboxylic acids is 1. The lowest BCUT2D eigenvalue weighted by atomic mass is 9.83. The van der Waals surface area contributed by atoms with Gasteiger partial charge in [-0.2, -0.15) is 0 Å². The van der Waals surface area contributed by atoms with Gasteiger partial charge in [-0.15, -0.1) is 0 Å². The fraction of sp³-hybridized carbons (Fsp3) is 0.531. The maximum absolute atomic E-state index is 12.9. The molecule has 0 radical (unpaired) electrons. The monoisotopic (exact) mass is 526 g/mol. The second-order valence-corrected chi connectivity index (χ2v) is 10.9. The molecule has 1 heterocycles. The Hall–Kier alpha value is -2.99. The fourth-order valence-electron chi connectivity index (χ4n) is 4.63. The Bertz CT molecular complexity index is 1010. The number of allylic oxidation sites excluding steroid dienone is 8. The summed E-state index contributed by atoms with van der Waals surface area (Å²) in [6, 6.07) is 0. The summed E-state index contributed by atoms with van der Waals surface area (Å²) in [4.78, 5) is 35.2. The summed E-state index contributed by atoms with van der Waals surface area (Å²) in [6.07, 6.45) is 16.8. The largest absolute Gasteiger partial charge is 0.478 e. The summed E-state index contributed by atoms with van der Waals surface area (Å²) in [5.41, 5.74) is 2.75. The quantitative estimate of drug-likeness (QED) is 0.154. The molecule has 1 aliphatic heterocycles. The molecule has 6 heteroatoms. The summed E-state index contributed by atoms with van der Waals surface area (Å²) in [5, 5.41) is 19.5. The number of cyclic esters (lactones) is 1. The standard InChI is InChI=1S/C32H46O6/c1-20(16-22(3)12-14-28-24(5)13-15-30(35)38-28)10-9-11-21(2)17-25(6)31(36)27(8)32(37)26(7)18-23(4)19-29(33)34/h9,11-17,19-20,24-28,32,37H,10,18H2,1-8H3,(H,33,34)/b11-9+,14-12+,21-17+,22-16+,23-19+/t20-,24+,25+,26+,27+,28+,32-/m1/s1. The minimum absolute atomic E-state index is 0.0378. The van der Waals surface area contributed by atoms with Crippen molar-refractivity contribution >= 4 is 17.7 Å². The van der Waals surface area contributed by atoms with Crippen LogP contribution in [0.5, 0.6) is 0 Å². The molecule has 0 saturated carbocycles. The molecule has 0 aromatic rings. The average molecular weight is 527 g/mol. The fourth-order valence-corrected chi connectivity index (χ4v) is 4.63. The number of hydrogen-bond donors (Lipinski definition) is 2. The molecule has 0 unspecified atom stereocenters. The lowest BCUT2D eigenvalue weighted by molar-refractivity contribution is -0.143. The van der Waals surface area contributed by atoms with Gasteiger partial charge < -0.3 is 14.9 Å². The zero-order chi connectivity index (χ0) is 29.0. The highest BCUT2D eigenvalue weighted by Gasteiger charge is 2.29. The Kier molecular flexibility index (Phi) is 14.0.